The highest BCUT2D eigenvalue weighted by Gasteiger charge is 2.11. The quantitative estimate of drug-likeness (QED) is 0.674. The molecule has 0 aliphatic carbocycles. The molecule has 0 aliphatic rings. The minimum Gasteiger partial charge on any atom is -0.324 e. The lowest BCUT2D eigenvalue weighted by atomic mass is 10.0. The highest BCUT2D eigenvalue weighted by Crippen LogP contribution is 2.19. The summed E-state index contributed by atoms with van der Waals surface area (Å²) < 4.78 is 0. The lowest BCUT2D eigenvalue weighted by molar-refractivity contribution is 0.102. The van der Waals surface area contributed by atoms with Crippen LogP contribution in [0.3, 0.4) is 0 Å². The van der Waals surface area contributed by atoms with Gasteiger partial charge in [-0.05, 0) is 60.9 Å². The summed E-state index contributed by atoms with van der Waals surface area (Å²) in [4.78, 5) is 21.2. The molecule has 0 radical (unpaired) electrons. The number of nitrogens with one attached hydrogen (secondary N) is 2. The first-order chi connectivity index (χ1) is 13.4. The molecule has 28 heavy (non-hydrogen) atoms. The molecule has 0 saturated heterocycles. The maximum atomic E-state index is 12.6. The van der Waals surface area contributed by atoms with Crippen molar-refractivity contribution in [3.8, 4) is 6.07 Å². The number of carbonyl (C=O) groups is 1. The van der Waals surface area contributed by atoms with Crippen LogP contribution in [0, 0.1) is 18.3 Å². The molecular formula is C22H21N5O. The highest BCUT2D eigenvalue weighted by atomic mass is 16.1. The number of anilines is 3. The van der Waals surface area contributed by atoms with Crippen LogP contribution in [0.25, 0.3) is 0 Å². The smallest absolute Gasteiger partial charge is 0.274 e. The molecule has 0 bridgehead atoms. The molecule has 1 amide bonds. The van der Waals surface area contributed by atoms with Gasteiger partial charge in [0, 0.05) is 17.1 Å². The van der Waals surface area contributed by atoms with E-state index in [1.165, 1.54) is 5.56 Å². The summed E-state index contributed by atoms with van der Waals surface area (Å²) in [7, 11) is 0. The predicted octanol–water partition coefficient (Wildman–Crippen LogP) is 4.78. The molecule has 6 nitrogen and oxygen atoms in total. The summed E-state index contributed by atoms with van der Waals surface area (Å²) in [5.41, 5.74) is 4.18. The molecule has 2 aromatic carbocycles. The third-order valence-corrected chi connectivity index (χ3v) is 4.19. The van der Waals surface area contributed by atoms with E-state index in [-0.39, 0.29) is 11.6 Å². The number of rotatable bonds is 5. The van der Waals surface area contributed by atoms with Crippen LogP contribution in [0.15, 0.2) is 54.6 Å². The van der Waals surface area contributed by atoms with E-state index < -0.39 is 0 Å². The van der Waals surface area contributed by atoms with E-state index >= 15 is 0 Å². The maximum absolute atomic E-state index is 12.6. The first kappa shape index (κ1) is 19.1. The van der Waals surface area contributed by atoms with E-state index in [1.54, 1.807) is 30.3 Å². The normalized spacial score (nSPS) is 10.4. The fourth-order valence-electron chi connectivity index (χ4n) is 2.64. The van der Waals surface area contributed by atoms with Gasteiger partial charge < -0.3 is 10.6 Å². The number of aryl methyl sites for hydroxylation is 1. The fraction of sp³-hybridized carbons (Fsp3) is 0.182. The topological polar surface area (TPSA) is 90.7 Å². The molecule has 0 atom stereocenters. The third-order valence-electron chi connectivity index (χ3n) is 4.19. The Morgan fingerprint density at radius 3 is 2.25 bits per heavy atom. The summed E-state index contributed by atoms with van der Waals surface area (Å²) in [5, 5.41) is 14.8. The van der Waals surface area contributed by atoms with Crippen LogP contribution in [0.5, 0.6) is 0 Å². The van der Waals surface area contributed by atoms with Gasteiger partial charge in [0.25, 0.3) is 5.91 Å². The van der Waals surface area contributed by atoms with Crippen molar-refractivity contribution >= 4 is 23.2 Å². The first-order valence-electron chi connectivity index (χ1n) is 8.99. The molecule has 3 aromatic rings. The van der Waals surface area contributed by atoms with Gasteiger partial charge in [-0.1, -0.05) is 26.0 Å². The standard InChI is InChI=1S/C22H21N5O/c1-14(2)17-6-10-19(11-7-17)26-22-24-15(3)12-20(27-22)21(28)25-18-8-4-16(13-23)5-9-18/h4-12,14H,1-3H3,(H,25,28)(H,24,26,27). The number of nitrogens with zero attached hydrogens (tertiary/aromatic N) is 3. The monoisotopic (exact) mass is 371 g/mol. The van der Waals surface area contributed by atoms with Crippen molar-refractivity contribution in [2.75, 3.05) is 10.6 Å². The SMILES string of the molecule is Cc1cc(C(=O)Nc2ccc(C#N)cc2)nc(Nc2ccc(C(C)C)cc2)n1. The van der Waals surface area contributed by atoms with Crippen LogP contribution in [-0.2, 0) is 0 Å². The molecule has 1 heterocycles. The number of nitriles is 1. The second-order valence-electron chi connectivity index (χ2n) is 6.76. The lowest BCUT2D eigenvalue weighted by Gasteiger charge is -2.10. The molecule has 140 valence electrons. The average molecular weight is 371 g/mol. The Kier molecular flexibility index (Phi) is 5.66. The lowest BCUT2D eigenvalue weighted by Crippen LogP contribution is -2.15. The summed E-state index contributed by atoms with van der Waals surface area (Å²) >= 11 is 0. The van der Waals surface area contributed by atoms with Gasteiger partial charge in [0.15, 0.2) is 0 Å². The Morgan fingerprint density at radius 1 is 1.00 bits per heavy atom. The fourth-order valence-corrected chi connectivity index (χ4v) is 2.64. The van der Waals surface area contributed by atoms with Crippen LogP contribution >= 0.6 is 0 Å². The summed E-state index contributed by atoms with van der Waals surface area (Å²) in [6.07, 6.45) is 0. The van der Waals surface area contributed by atoms with Gasteiger partial charge in [0.05, 0.1) is 11.6 Å². The number of benzene rings is 2. The molecule has 0 aliphatic heterocycles. The van der Waals surface area contributed by atoms with Crippen molar-refractivity contribution in [3.05, 3.63) is 77.1 Å². The van der Waals surface area contributed by atoms with Gasteiger partial charge in [-0.15, -0.1) is 0 Å². The zero-order valence-electron chi connectivity index (χ0n) is 16.0. The largest absolute Gasteiger partial charge is 0.324 e. The Morgan fingerprint density at radius 2 is 1.64 bits per heavy atom. The Labute approximate surface area is 164 Å². The second kappa shape index (κ2) is 8.31. The molecule has 3 rings (SSSR count). The molecule has 1 aromatic heterocycles. The van der Waals surface area contributed by atoms with E-state index in [9.17, 15) is 4.79 Å². The third kappa shape index (κ3) is 4.71. The van der Waals surface area contributed by atoms with Gasteiger partial charge in [0.1, 0.15) is 5.69 Å². The molecule has 2 N–H and O–H groups in total. The van der Waals surface area contributed by atoms with Crippen LogP contribution in [0.1, 0.15) is 47.1 Å². The van der Waals surface area contributed by atoms with Gasteiger partial charge in [0.2, 0.25) is 5.95 Å². The molecule has 0 saturated carbocycles. The van der Waals surface area contributed by atoms with E-state index in [1.807, 2.05) is 25.1 Å². The Hall–Kier alpha value is -3.72. The van der Waals surface area contributed by atoms with E-state index in [2.05, 4.69) is 46.6 Å². The minimum atomic E-state index is -0.339. The van der Waals surface area contributed by atoms with Gasteiger partial charge in [-0.2, -0.15) is 5.26 Å². The van der Waals surface area contributed by atoms with Crippen molar-refractivity contribution < 1.29 is 4.79 Å². The van der Waals surface area contributed by atoms with Crippen molar-refractivity contribution in [3.63, 3.8) is 0 Å². The number of hydrogen-bond acceptors (Lipinski definition) is 5. The maximum Gasteiger partial charge on any atom is 0.274 e. The number of hydrogen-bond donors (Lipinski definition) is 2. The molecule has 6 heteroatoms. The molecule has 0 unspecified atom stereocenters. The Balaban J connectivity index is 1.76. The van der Waals surface area contributed by atoms with Crippen LogP contribution in [-0.4, -0.2) is 15.9 Å². The van der Waals surface area contributed by atoms with E-state index in [4.69, 9.17) is 5.26 Å². The predicted molar refractivity (Wildman–Crippen MR) is 110 cm³/mol. The molecule has 0 spiro atoms. The Bertz CT molecular complexity index is 1020. The average Bonchev–Trinajstić information content (AvgIpc) is 2.68. The number of amides is 1. The highest BCUT2D eigenvalue weighted by molar-refractivity contribution is 6.03. The van der Waals surface area contributed by atoms with E-state index in [0.29, 0.717) is 28.8 Å². The number of aromatic nitrogens is 2. The number of carbonyl (C=O) groups excluding carboxylic acids is 1. The van der Waals surface area contributed by atoms with Crippen LogP contribution in [0.4, 0.5) is 17.3 Å². The van der Waals surface area contributed by atoms with Crippen molar-refractivity contribution in [1.82, 2.24) is 9.97 Å². The zero-order valence-corrected chi connectivity index (χ0v) is 16.0. The van der Waals surface area contributed by atoms with E-state index in [0.717, 1.165) is 5.69 Å². The van der Waals surface area contributed by atoms with Crippen LogP contribution in [0.2, 0.25) is 0 Å². The van der Waals surface area contributed by atoms with Gasteiger partial charge in [-0.3, -0.25) is 4.79 Å². The first-order valence-corrected chi connectivity index (χ1v) is 8.99. The summed E-state index contributed by atoms with van der Waals surface area (Å²) in [6, 6.07) is 18.4. The van der Waals surface area contributed by atoms with Gasteiger partial charge >= 0.3 is 0 Å². The molecular weight excluding hydrogens is 350 g/mol. The van der Waals surface area contributed by atoms with Crippen LogP contribution < -0.4 is 10.6 Å². The minimum absolute atomic E-state index is 0.262. The molecule has 0 fully saturated rings. The summed E-state index contributed by atoms with van der Waals surface area (Å²) in [5.74, 6) is 0.484. The van der Waals surface area contributed by atoms with Gasteiger partial charge in [-0.25, -0.2) is 9.97 Å². The van der Waals surface area contributed by atoms with Crippen molar-refractivity contribution in [2.45, 2.75) is 26.7 Å². The zero-order chi connectivity index (χ0) is 20.1. The second-order valence-corrected chi connectivity index (χ2v) is 6.76. The van der Waals surface area contributed by atoms with Crippen molar-refractivity contribution in [2.24, 2.45) is 0 Å². The summed E-state index contributed by atoms with van der Waals surface area (Å²) in [6.45, 7) is 6.10. The van der Waals surface area contributed by atoms with Crippen molar-refractivity contribution in [1.29, 1.82) is 5.26 Å².